The molecule has 0 aliphatic heterocycles. The molecule has 156 valence electrons. The summed E-state index contributed by atoms with van der Waals surface area (Å²) < 4.78 is 17.6. The van der Waals surface area contributed by atoms with Crippen LogP contribution in [-0.2, 0) is 13.1 Å². The van der Waals surface area contributed by atoms with E-state index in [-0.39, 0.29) is 24.0 Å². The zero-order chi connectivity index (χ0) is 22.0. The first kappa shape index (κ1) is 20.5. The highest BCUT2D eigenvalue weighted by molar-refractivity contribution is 6.14. The van der Waals surface area contributed by atoms with Gasteiger partial charge >= 0.3 is 5.69 Å². The number of hydrogen-bond acceptors (Lipinski definition) is 3. The Balaban J connectivity index is 2.02. The van der Waals surface area contributed by atoms with Gasteiger partial charge in [0.15, 0.2) is 0 Å². The zero-order valence-electron chi connectivity index (χ0n) is 17.4. The molecular formula is C25H22FN3O2. The third-order valence-corrected chi connectivity index (χ3v) is 5.22. The molecule has 0 saturated heterocycles. The summed E-state index contributed by atoms with van der Waals surface area (Å²) in [5.74, 6) is -0.643. The molecule has 0 aliphatic rings. The van der Waals surface area contributed by atoms with Crippen molar-refractivity contribution in [2.75, 3.05) is 0 Å². The van der Waals surface area contributed by atoms with Crippen molar-refractivity contribution in [3.8, 4) is 0 Å². The predicted molar refractivity (Wildman–Crippen MR) is 122 cm³/mol. The van der Waals surface area contributed by atoms with E-state index in [2.05, 4.69) is 0 Å². The van der Waals surface area contributed by atoms with Crippen molar-refractivity contribution in [1.82, 2.24) is 9.13 Å². The van der Waals surface area contributed by atoms with Crippen LogP contribution < -0.4 is 11.2 Å². The number of fused-ring (bicyclic) bond motifs is 1. The van der Waals surface area contributed by atoms with Gasteiger partial charge in [-0.05, 0) is 19.9 Å². The fraction of sp³-hybridized carbons (Fsp3) is 0.160. The van der Waals surface area contributed by atoms with E-state index in [4.69, 9.17) is 4.99 Å². The normalized spacial score (nSPS) is 10.9. The molecule has 1 aromatic heterocycles. The van der Waals surface area contributed by atoms with E-state index in [1.165, 1.54) is 10.6 Å². The van der Waals surface area contributed by atoms with E-state index in [9.17, 15) is 9.59 Å². The molecule has 0 amide bonds. The number of benzene rings is 3. The van der Waals surface area contributed by atoms with Crippen LogP contribution in [0.25, 0.3) is 10.9 Å². The Morgan fingerprint density at radius 1 is 0.839 bits per heavy atom. The average Bonchev–Trinajstić information content (AvgIpc) is 2.80. The summed E-state index contributed by atoms with van der Waals surface area (Å²) in [6.07, 6.45) is 0. The van der Waals surface area contributed by atoms with Crippen molar-refractivity contribution >= 4 is 22.3 Å². The smallest absolute Gasteiger partial charge is 0.290 e. The molecule has 3 aromatic carbocycles. The predicted octanol–water partition coefficient (Wildman–Crippen LogP) is 4.51. The van der Waals surface area contributed by atoms with Crippen LogP contribution in [0, 0.1) is 5.82 Å². The van der Waals surface area contributed by atoms with Crippen molar-refractivity contribution < 1.29 is 4.39 Å². The van der Waals surface area contributed by atoms with Crippen LogP contribution in [0.5, 0.6) is 0 Å². The van der Waals surface area contributed by atoms with Crippen molar-refractivity contribution in [2.45, 2.75) is 26.9 Å². The van der Waals surface area contributed by atoms with Gasteiger partial charge in [-0.1, -0.05) is 60.7 Å². The quantitative estimate of drug-likeness (QED) is 0.450. The second-order valence-corrected chi connectivity index (χ2v) is 7.09. The SMILES string of the molecule is CCn1c(=O)c2cc(N=C(c3ccccc3)c3ccccc3)cc(F)c2n(CC)c1=O. The summed E-state index contributed by atoms with van der Waals surface area (Å²) >= 11 is 0. The number of aryl methyl sites for hydroxylation is 1. The van der Waals surface area contributed by atoms with E-state index in [0.717, 1.165) is 15.7 Å². The van der Waals surface area contributed by atoms with Crippen molar-refractivity contribution in [2.24, 2.45) is 4.99 Å². The summed E-state index contributed by atoms with van der Waals surface area (Å²) in [5.41, 5.74) is 1.73. The molecular weight excluding hydrogens is 393 g/mol. The molecule has 0 fully saturated rings. The third kappa shape index (κ3) is 3.72. The lowest BCUT2D eigenvalue weighted by Crippen LogP contribution is -2.39. The molecule has 31 heavy (non-hydrogen) atoms. The van der Waals surface area contributed by atoms with Gasteiger partial charge in [0.1, 0.15) is 5.82 Å². The van der Waals surface area contributed by atoms with Gasteiger partial charge in [-0.2, -0.15) is 0 Å². The van der Waals surface area contributed by atoms with Gasteiger partial charge in [0.2, 0.25) is 0 Å². The van der Waals surface area contributed by atoms with E-state index >= 15 is 4.39 Å². The molecule has 6 heteroatoms. The molecule has 0 spiro atoms. The number of rotatable bonds is 5. The van der Waals surface area contributed by atoms with Gasteiger partial charge in [-0.15, -0.1) is 0 Å². The van der Waals surface area contributed by atoms with Gasteiger partial charge in [-0.3, -0.25) is 13.9 Å². The number of nitrogens with zero attached hydrogens (tertiary/aromatic N) is 3. The first-order valence-electron chi connectivity index (χ1n) is 10.2. The van der Waals surface area contributed by atoms with Crippen LogP contribution in [0.1, 0.15) is 25.0 Å². The van der Waals surface area contributed by atoms with Crippen molar-refractivity contribution in [1.29, 1.82) is 0 Å². The van der Waals surface area contributed by atoms with E-state index in [0.29, 0.717) is 11.4 Å². The van der Waals surface area contributed by atoms with Crippen LogP contribution in [0.2, 0.25) is 0 Å². The van der Waals surface area contributed by atoms with Gasteiger partial charge in [0, 0.05) is 30.3 Å². The van der Waals surface area contributed by atoms with E-state index < -0.39 is 17.1 Å². The van der Waals surface area contributed by atoms with E-state index in [1.54, 1.807) is 19.9 Å². The van der Waals surface area contributed by atoms with Crippen molar-refractivity contribution in [3.05, 3.63) is 111 Å². The monoisotopic (exact) mass is 415 g/mol. The Hall–Kier alpha value is -3.80. The molecule has 5 nitrogen and oxygen atoms in total. The molecule has 0 unspecified atom stereocenters. The second-order valence-electron chi connectivity index (χ2n) is 7.09. The fourth-order valence-corrected chi connectivity index (χ4v) is 3.75. The summed E-state index contributed by atoms with van der Waals surface area (Å²) in [4.78, 5) is 30.2. The fourth-order valence-electron chi connectivity index (χ4n) is 3.75. The highest BCUT2D eigenvalue weighted by atomic mass is 19.1. The van der Waals surface area contributed by atoms with Gasteiger partial charge < -0.3 is 0 Å². The number of hydrogen-bond donors (Lipinski definition) is 0. The van der Waals surface area contributed by atoms with Crippen LogP contribution in [0.3, 0.4) is 0 Å². The maximum absolute atomic E-state index is 15.2. The number of aliphatic imine (C=N–C) groups is 1. The Labute approximate surface area is 178 Å². The van der Waals surface area contributed by atoms with Gasteiger partial charge in [0.25, 0.3) is 5.56 Å². The molecule has 0 aliphatic carbocycles. The molecule has 4 aromatic rings. The van der Waals surface area contributed by atoms with Crippen LogP contribution >= 0.6 is 0 Å². The molecule has 1 heterocycles. The topological polar surface area (TPSA) is 56.4 Å². The summed E-state index contributed by atoms with van der Waals surface area (Å²) in [7, 11) is 0. The summed E-state index contributed by atoms with van der Waals surface area (Å²) in [5, 5.41) is 0.141. The lowest BCUT2D eigenvalue weighted by molar-refractivity contribution is 0.583. The Kier molecular flexibility index (Phi) is 5.62. The van der Waals surface area contributed by atoms with Crippen LogP contribution in [0.15, 0.2) is 87.4 Å². The first-order chi connectivity index (χ1) is 15.0. The molecule has 4 rings (SSSR count). The lowest BCUT2D eigenvalue weighted by Gasteiger charge is -2.13. The van der Waals surface area contributed by atoms with E-state index in [1.807, 2.05) is 60.7 Å². The molecule has 0 atom stereocenters. The minimum absolute atomic E-state index is 0.0159. The highest BCUT2D eigenvalue weighted by Crippen LogP contribution is 2.24. The van der Waals surface area contributed by atoms with Crippen LogP contribution in [-0.4, -0.2) is 14.8 Å². The largest absolute Gasteiger partial charge is 0.331 e. The Bertz CT molecular complexity index is 1350. The summed E-state index contributed by atoms with van der Waals surface area (Å²) in [6.45, 7) is 3.94. The maximum Gasteiger partial charge on any atom is 0.331 e. The number of halogens is 1. The number of aromatic nitrogens is 2. The highest BCUT2D eigenvalue weighted by Gasteiger charge is 2.17. The van der Waals surface area contributed by atoms with Crippen LogP contribution in [0.4, 0.5) is 10.1 Å². The zero-order valence-corrected chi connectivity index (χ0v) is 17.4. The maximum atomic E-state index is 15.2. The van der Waals surface area contributed by atoms with Gasteiger partial charge in [0.05, 0.1) is 22.3 Å². The minimum Gasteiger partial charge on any atom is -0.290 e. The Morgan fingerprint density at radius 2 is 1.39 bits per heavy atom. The third-order valence-electron chi connectivity index (χ3n) is 5.22. The standard InChI is InChI=1S/C25H22FN3O2/c1-3-28-23-20(24(30)29(4-2)25(28)31)15-19(16-21(23)26)27-22(17-11-7-5-8-12-17)18-13-9-6-10-14-18/h5-16H,3-4H2,1-2H3. The molecule has 0 bridgehead atoms. The minimum atomic E-state index is -0.643. The van der Waals surface area contributed by atoms with Crippen molar-refractivity contribution in [3.63, 3.8) is 0 Å². The lowest BCUT2D eigenvalue weighted by atomic mass is 10.0. The molecule has 0 radical (unpaired) electrons. The first-order valence-corrected chi connectivity index (χ1v) is 10.2. The molecule has 0 saturated carbocycles. The summed E-state index contributed by atoms with van der Waals surface area (Å²) in [6, 6.07) is 22.0. The van der Waals surface area contributed by atoms with Gasteiger partial charge in [-0.25, -0.2) is 14.2 Å². The second kappa shape index (κ2) is 8.52. The molecule has 0 N–H and O–H groups in total. The average molecular weight is 415 g/mol. The Morgan fingerprint density at radius 3 is 1.90 bits per heavy atom.